The molecule has 2 N–H and O–H groups in total. The van der Waals surface area contributed by atoms with Crippen molar-refractivity contribution in [1.29, 1.82) is 0 Å². The molecule has 0 radical (unpaired) electrons. The third kappa shape index (κ3) is 3.70. The maximum absolute atomic E-state index is 11.7. The summed E-state index contributed by atoms with van der Waals surface area (Å²) in [5.41, 5.74) is 0. The van der Waals surface area contributed by atoms with E-state index in [1.165, 1.54) is 0 Å². The van der Waals surface area contributed by atoms with E-state index in [0.717, 1.165) is 38.8 Å². The Balaban J connectivity index is 1.73. The second-order valence-electron chi connectivity index (χ2n) is 5.65. The van der Waals surface area contributed by atoms with Gasteiger partial charge in [0.15, 0.2) is 0 Å². The normalized spacial score (nSPS) is 23.4. The highest BCUT2D eigenvalue weighted by atomic mass is 16.2. The Kier molecular flexibility index (Phi) is 4.22. The van der Waals surface area contributed by atoms with Crippen LogP contribution in [0.3, 0.4) is 0 Å². The Morgan fingerprint density at radius 3 is 2.28 bits per heavy atom. The Bertz CT molecular complexity index is 320. The minimum Gasteiger partial charge on any atom is -0.345 e. The average molecular weight is 253 g/mol. The first kappa shape index (κ1) is 13.3. The summed E-state index contributed by atoms with van der Waals surface area (Å²) in [4.78, 5) is 25.5. The summed E-state index contributed by atoms with van der Waals surface area (Å²) < 4.78 is 0. The number of likely N-dealkylation sites (tertiary alicyclic amines) is 1. The van der Waals surface area contributed by atoms with E-state index in [1.54, 1.807) is 0 Å². The molecule has 2 fully saturated rings. The molecule has 1 atom stereocenters. The molecule has 2 amide bonds. The second kappa shape index (κ2) is 5.69. The molecule has 1 saturated heterocycles. The summed E-state index contributed by atoms with van der Waals surface area (Å²) in [6.45, 7) is 4.14. The van der Waals surface area contributed by atoms with Gasteiger partial charge in [0.1, 0.15) is 0 Å². The summed E-state index contributed by atoms with van der Waals surface area (Å²) in [6, 6.07) is 0.318. The lowest BCUT2D eigenvalue weighted by atomic mass is 9.90. The van der Waals surface area contributed by atoms with Crippen molar-refractivity contribution in [3.63, 3.8) is 0 Å². The van der Waals surface area contributed by atoms with E-state index in [4.69, 9.17) is 0 Å². The summed E-state index contributed by atoms with van der Waals surface area (Å²) in [5, 5.41) is 5.54. The van der Waals surface area contributed by atoms with Gasteiger partial charge in [0.25, 0.3) is 0 Å². The van der Waals surface area contributed by atoms with E-state index in [2.05, 4.69) is 22.6 Å². The third-order valence-electron chi connectivity index (χ3n) is 3.95. The van der Waals surface area contributed by atoms with E-state index >= 15 is 0 Å². The molecule has 0 spiro atoms. The van der Waals surface area contributed by atoms with Crippen LogP contribution in [0.25, 0.3) is 0 Å². The standard InChI is InChI=1S/C13H23N3O2/c1-9(10-5-7-16(2)8-6-10)14-12(17)13(18)15-11-3-4-11/h9-11H,3-8H2,1-2H3,(H,14,17)(H,15,18)/t9-/m1/s1. The van der Waals surface area contributed by atoms with Crippen LogP contribution in [-0.2, 0) is 9.59 Å². The van der Waals surface area contributed by atoms with Crippen LogP contribution in [0.4, 0.5) is 0 Å². The van der Waals surface area contributed by atoms with Gasteiger partial charge >= 0.3 is 11.8 Å². The number of hydrogen-bond acceptors (Lipinski definition) is 3. The van der Waals surface area contributed by atoms with Crippen LogP contribution in [0.15, 0.2) is 0 Å². The first-order valence-corrected chi connectivity index (χ1v) is 6.86. The van der Waals surface area contributed by atoms with Crippen LogP contribution < -0.4 is 10.6 Å². The van der Waals surface area contributed by atoms with Gasteiger partial charge in [-0.25, -0.2) is 0 Å². The zero-order chi connectivity index (χ0) is 13.1. The zero-order valence-corrected chi connectivity index (χ0v) is 11.2. The van der Waals surface area contributed by atoms with Crippen molar-refractivity contribution >= 4 is 11.8 Å². The van der Waals surface area contributed by atoms with Crippen molar-refractivity contribution in [2.45, 2.75) is 44.7 Å². The molecular weight excluding hydrogens is 230 g/mol. The van der Waals surface area contributed by atoms with Crippen LogP contribution >= 0.6 is 0 Å². The number of nitrogens with zero attached hydrogens (tertiary/aromatic N) is 1. The lowest BCUT2D eigenvalue weighted by Crippen LogP contribution is -2.48. The first-order valence-electron chi connectivity index (χ1n) is 6.86. The number of nitrogens with one attached hydrogen (secondary N) is 2. The molecule has 5 heteroatoms. The van der Waals surface area contributed by atoms with Crippen LogP contribution in [0.5, 0.6) is 0 Å². The Hall–Kier alpha value is -1.10. The molecule has 1 saturated carbocycles. The Labute approximate surface area is 108 Å². The molecule has 102 valence electrons. The minimum absolute atomic E-state index is 0.0798. The largest absolute Gasteiger partial charge is 0.345 e. The second-order valence-corrected chi connectivity index (χ2v) is 5.65. The lowest BCUT2D eigenvalue weighted by Gasteiger charge is -2.32. The van der Waals surface area contributed by atoms with Gasteiger partial charge in [0.05, 0.1) is 0 Å². The molecule has 18 heavy (non-hydrogen) atoms. The van der Waals surface area contributed by atoms with E-state index in [-0.39, 0.29) is 12.1 Å². The van der Waals surface area contributed by atoms with Crippen molar-refractivity contribution in [2.24, 2.45) is 5.92 Å². The molecule has 5 nitrogen and oxygen atoms in total. The summed E-state index contributed by atoms with van der Waals surface area (Å²) in [7, 11) is 2.11. The molecule has 0 bridgehead atoms. The van der Waals surface area contributed by atoms with Crippen molar-refractivity contribution in [1.82, 2.24) is 15.5 Å². The molecular formula is C13H23N3O2. The third-order valence-corrected chi connectivity index (χ3v) is 3.95. The van der Waals surface area contributed by atoms with Gasteiger partial charge in [0, 0.05) is 12.1 Å². The van der Waals surface area contributed by atoms with Crippen molar-refractivity contribution in [3.05, 3.63) is 0 Å². The van der Waals surface area contributed by atoms with Gasteiger partial charge < -0.3 is 15.5 Å². The van der Waals surface area contributed by atoms with Crippen molar-refractivity contribution < 1.29 is 9.59 Å². The smallest absolute Gasteiger partial charge is 0.309 e. The minimum atomic E-state index is -0.478. The highest BCUT2D eigenvalue weighted by molar-refractivity contribution is 6.35. The first-order chi connectivity index (χ1) is 8.56. The van der Waals surface area contributed by atoms with Crippen LogP contribution in [0.1, 0.15) is 32.6 Å². The van der Waals surface area contributed by atoms with Gasteiger partial charge in [-0.3, -0.25) is 9.59 Å². The van der Waals surface area contributed by atoms with Crippen molar-refractivity contribution in [2.75, 3.05) is 20.1 Å². The Morgan fingerprint density at radius 1 is 1.11 bits per heavy atom. The predicted octanol–water partition coefficient (Wildman–Crippen LogP) is 0.112. The number of amides is 2. The highest BCUT2D eigenvalue weighted by Crippen LogP contribution is 2.20. The maximum Gasteiger partial charge on any atom is 0.309 e. The summed E-state index contributed by atoms with van der Waals surface area (Å²) in [6.07, 6.45) is 4.18. The Morgan fingerprint density at radius 2 is 1.72 bits per heavy atom. The highest BCUT2D eigenvalue weighted by Gasteiger charge is 2.29. The molecule has 1 aliphatic carbocycles. The monoisotopic (exact) mass is 253 g/mol. The van der Waals surface area contributed by atoms with Crippen LogP contribution in [0.2, 0.25) is 0 Å². The molecule has 1 heterocycles. The molecule has 2 aliphatic rings. The zero-order valence-electron chi connectivity index (χ0n) is 11.2. The van der Waals surface area contributed by atoms with E-state index in [1.807, 2.05) is 6.92 Å². The SMILES string of the molecule is C[C@@H](NC(=O)C(=O)NC1CC1)C1CCN(C)CC1. The molecule has 2 rings (SSSR count). The fraction of sp³-hybridized carbons (Fsp3) is 0.846. The number of hydrogen-bond donors (Lipinski definition) is 2. The fourth-order valence-corrected chi connectivity index (χ4v) is 2.40. The summed E-state index contributed by atoms with van der Waals surface area (Å²) in [5.74, 6) is -0.468. The van der Waals surface area contributed by atoms with Crippen molar-refractivity contribution in [3.8, 4) is 0 Å². The van der Waals surface area contributed by atoms with E-state index < -0.39 is 11.8 Å². The molecule has 0 aromatic carbocycles. The van der Waals surface area contributed by atoms with Crippen LogP contribution in [0, 0.1) is 5.92 Å². The number of carbonyl (C=O) groups excluding carboxylic acids is 2. The topological polar surface area (TPSA) is 61.4 Å². The molecule has 1 aliphatic heterocycles. The van der Waals surface area contributed by atoms with Gasteiger partial charge in [0.2, 0.25) is 0 Å². The summed E-state index contributed by atoms with van der Waals surface area (Å²) >= 11 is 0. The molecule has 0 aromatic rings. The molecule has 0 aromatic heterocycles. The number of piperidine rings is 1. The number of rotatable bonds is 3. The van der Waals surface area contributed by atoms with Gasteiger partial charge in [-0.15, -0.1) is 0 Å². The van der Waals surface area contributed by atoms with Gasteiger partial charge in [-0.1, -0.05) is 0 Å². The average Bonchev–Trinajstić information content (AvgIpc) is 3.13. The van der Waals surface area contributed by atoms with Gasteiger partial charge in [-0.05, 0) is 58.7 Å². The van der Waals surface area contributed by atoms with Gasteiger partial charge in [-0.2, -0.15) is 0 Å². The molecule has 0 unspecified atom stereocenters. The van der Waals surface area contributed by atoms with E-state index in [0.29, 0.717) is 5.92 Å². The van der Waals surface area contributed by atoms with E-state index in [9.17, 15) is 9.59 Å². The fourth-order valence-electron chi connectivity index (χ4n) is 2.40. The quantitative estimate of drug-likeness (QED) is 0.702. The lowest BCUT2D eigenvalue weighted by molar-refractivity contribution is -0.139. The maximum atomic E-state index is 11.7. The number of carbonyl (C=O) groups is 2. The predicted molar refractivity (Wildman–Crippen MR) is 69.0 cm³/mol. The van der Waals surface area contributed by atoms with Crippen LogP contribution in [-0.4, -0.2) is 48.9 Å².